The highest BCUT2D eigenvalue weighted by Crippen LogP contribution is 2.47. The number of carbonyl (C=O) groups is 8. The Hall–Kier alpha value is -15.3. The predicted molar refractivity (Wildman–Crippen MR) is 496 cm³/mol. The molecule has 0 aliphatic heterocycles. The van der Waals surface area contributed by atoms with Crippen LogP contribution in [0.25, 0.3) is 32.7 Å². The number of hydrogen-bond donors (Lipinski definition) is 10. The Labute approximate surface area is 764 Å². The molecule has 0 aliphatic carbocycles. The molecular formula is C88H79Cl2N19O17S4. The molecule has 13 aromatic rings. The lowest BCUT2D eigenvalue weighted by Gasteiger charge is -2.23. The molecule has 13 rings (SSSR count). The first-order chi connectivity index (χ1) is 62.0. The highest BCUT2D eigenvalue weighted by atomic mass is 35.5. The Kier molecular flexibility index (Phi) is 36.8. The van der Waals surface area contributed by atoms with Crippen molar-refractivity contribution >= 4 is 232 Å². The van der Waals surface area contributed by atoms with E-state index in [0.717, 1.165) is 68.9 Å². The molecule has 36 nitrogen and oxygen atoms in total. The maximum atomic E-state index is 13.7. The van der Waals surface area contributed by atoms with Gasteiger partial charge in [-0.1, -0.05) is 132 Å². The molecule has 130 heavy (non-hydrogen) atoms. The van der Waals surface area contributed by atoms with Gasteiger partial charge in [0.1, 0.15) is 17.4 Å². The molecule has 0 fully saturated rings. The number of primary sulfonamides is 1. The average Bonchev–Trinajstić information content (AvgIpc) is 1.16. The molecule has 0 saturated heterocycles. The van der Waals surface area contributed by atoms with Crippen LogP contribution in [0.1, 0.15) is 112 Å². The van der Waals surface area contributed by atoms with Gasteiger partial charge in [-0.25, -0.2) is 44.2 Å². The minimum absolute atomic E-state index is 0.0734. The maximum absolute atomic E-state index is 13.7. The summed E-state index contributed by atoms with van der Waals surface area (Å²) in [4.78, 5) is 124. The first-order valence-electron chi connectivity index (χ1n) is 37.9. The third-order valence-corrected chi connectivity index (χ3v) is 21.0. The minimum atomic E-state index is -3.93. The van der Waals surface area contributed by atoms with E-state index in [1.807, 2.05) is 93.6 Å². The van der Waals surface area contributed by atoms with Crippen LogP contribution in [0.15, 0.2) is 230 Å². The summed E-state index contributed by atoms with van der Waals surface area (Å²) in [6.07, 6.45) is -0.347. The molecule has 11 N–H and O–H groups in total. The molecule has 3 heterocycles. The van der Waals surface area contributed by atoms with Crippen molar-refractivity contribution in [2.45, 2.75) is 92.4 Å². The zero-order valence-electron chi connectivity index (χ0n) is 70.6. The number of ether oxygens (including phenoxy) is 4. The number of aromatic nitrogens is 3. The zero-order chi connectivity index (χ0) is 95.1. The minimum Gasteiger partial charge on any atom is -0.496 e. The molecular weight excluding hydrogens is 1790 g/mol. The normalized spacial score (nSPS) is 11.4. The molecule has 0 bridgehead atoms. The van der Waals surface area contributed by atoms with Gasteiger partial charge >= 0.3 is 0 Å². The van der Waals surface area contributed by atoms with Gasteiger partial charge in [0.2, 0.25) is 69.5 Å². The maximum Gasteiger partial charge on any atom is 0.238 e. The van der Waals surface area contributed by atoms with E-state index < -0.39 is 40.1 Å². The number of nitrogens with zero attached hydrogens (tertiary/aromatic N) is 9. The third-order valence-electron chi connectivity index (χ3n) is 17.3. The summed E-state index contributed by atoms with van der Waals surface area (Å²) < 4.78 is 61.0. The predicted octanol–water partition coefficient (Wildman–Crippen LogP) is 21.0. The molecule has 3 aromatic heterocycles. The van der Waals surface area contributed by atoms with Gasteiger partial charge in [0, 0.05) is 85.0 Å². The van der Waals surface area contributed by atoms with E-state index >= 15 is 0 Å². The molecule has 0 aliphatic rings. The van der Waals surface area contributed by atoms with Gasteiger partial charge in [0.25, 0.3) is 0 Å². The number of benzene rings is 10. The highest BCUT2D eigenvalue weighted by Gasteiger charge is 2.30. The number of fused-ring (bicyclic) bond motifs is 3. The van der Waals surface area contributed by atoms with Gasteiger partial charge in [-0.15, -0.1) is 30.7 Å². The number of nitrogens with two attached hydrogens (primary N) is 1. The summed E-state index contributed by atoms with van der Waals surface area (Å²) >= 11 is 15.8. The van der Waals surface area contributed by atoms with E-state index in [1.165, 1.54) is 90.3 Å². The molecule has 6 amide bonds. The van der Waals surface area contributed by atoms with E-state index in [4.69, 9.17) is 77.9 Å². The number of methoxy groups -OCH3 is 1. The van der Waals surface area contributed by atoms with Crippen LogP contribution in [0.3, 0.4) is 0 Å². The summed E-state index contributed by atoms with van der Waals surface area (Å²) in [6.45, 7) is 15.1. The molecule has 10 aromatic carbocycles. The molecule has 3 atom stereocenters. The SMILES string of the molecule is CC(=O)Nc1cc(N=Nc2snc3c(Cl)cc(Cl)cc23)cc(NC(C)=O)c1OC(C(=O)c1ccccc1)c1ccccc1.CC(=O)Nc1cc(N=Nc2snc3ccccc23)cc(NC(C)=O)c1OC(C(C)=O)c1ccccc1C.COc1ccc(C)cc1C(C)Oc1c(NC(C)=O)cc(N=Nc2snc3ccc(S(N)(=O)=O)cc23)cc1NC(C)=O.N=C=O.N=C=O.N=C=O. The van der Waals surface area contributed by atoms with Crippen molar-refractivity contribution < 1.29 is 80.1 Å². The van der Waals surface area contributed by atoms with Crippen LogP contribution in [0, 0.1) is 30.1 Å². The smallest absolute Gasteiger partial charge is 0.238 e. The Bertz CT molecular complexity index is 6600. The number of nitrogens with one attached hydrogen (secondary N) is 9. The van der Waals surface area contributed by atoms with Crippen molar-refractivity contribution in [2.75, 3.05) is 39.0 Å². The largest absolute Gasteiger partial charge is 0.496 e. The number of hydrogen-bond acceptors (Lipinski definition) is 32. The topological polar surface area (TPSA) is 541 Å². The van der Waals surface area contributed by atoms with Crippen LogP contribution in [0.4, 0.5) is 66.2 Å². The Morgan fingerprint density at radius 3 is 1.29 bits per heavy atom. The van der Waals surface area contributed by atoms with Crippen LogP contribution < -0.4 is 56.0 Å². The van der Waals surface area contributed by atoms with E-state index in [1.54, 1.807) is 98.1 Å². The number of azo groups is 3. The van der Waals surface area contributed by atoms with Gasteiger partial charge in [-0.2, -0.15) is 13.1 Å². The second-order valence-corrected chi connectivity index (χ2v) is 31.9. The molecule has 0 radical (unpaired) electrons. The number of ketones is 2. The summed E-state index contributed by atoms with van der Waals surface area (Å²) in [5.74, 6) is -1.79. The van der Waals surface area contributed by atoms with Gasteiger partial charge in [0.05, 0.1) is 79.2 Å². The number of isocyanates is 3. The lowest BCUT2D eigenvalue weighted by atomic mass is 9.99. The number of amides is 6. The Balaban J connectivity index is 0.000000230. The van der Waals surface area contributed by atoms with Crippen molar-refractivity contribution in [3.8, 4) is 23.0 Å². The fourth-order valence-corrected chi connectivity index (χ4v) is 15.3. The number of carbonyl (C=O) groups excluding carboxylic acids is 11. The standard InChI is InChI=1S/C31H23Cl2N5O4S.C27H28N6O6S2.C27H25N5O4S.3CHNO/c1-17(39)34-25-15-22(36-37-31-23-13-21(32)14-24(33)27(23)38-43-31)16-26(35-18(2)40)30(25)42-29(20-11-7-4-8-12-20)28(41)19-9-5-3-6-10-19;1-14-6-9-25(38-5)20(10-14)15(2)39-26-23(29-16(3)34)11-18(12-24(26)30-17(4)35)31-32-27-21-13-19(41(28,36)37)7-8-22(21)33-40-27;1-15-9-5-6-10-20(15)25(16(2)33)36-26-23(28-17(3)34)13-19(14-24(26)29-18(4)35)30-31-27-21-11-7-8-12-22(21)32-37-27;3*2-1-3/h3-16,29H,1-2H3,(H,34,39)(H,35,40);6-13,15H,1-5H3,(H,29,34)(H,30,35)(H2,28,36,37);5-14,25H,1-4H3,(H,28,34)(H,29,35);3*2H. The number of Topliss-reactive ketones (excluding diaryl/α,β-unsaturated/α-hetero) is 2. The quantitative estimate of drug-likeness (QED) is 0.0104. The molecule has 3 unspecified atom stereocenters. The Morgan fingerprint density at radius 1 is 0.446 bits per heavy atom. The Morgan fingerprint density at radius 2 is 0.846 bits per heavy atom. The van der Waals surface area contributed by atoms with E-state index in [-0.39, 0.29) is 103 Å². The zero-order valence-corrected chi connectivity index (χ0v) is 75.4. The lowest BCUT2D eigenvalue weighted by Crippen LogP contribution is -2.21. The average molecular weight is 1870 g/mol. The highest BCUT2D eigenvalue weighted by molar-refractivity contribution is 7.89. The van der Waals surface area contributed by atoms with Crippen LogP contribution in [0.5, 0.6) is 23.0 Å². The number of rotatable bonds is 26. The summed E-state index contributed by atoms with van der Waals surface area (Å²) in [5.41, 5.74) is 8.45. The number of aryl methyl sites for hydroxylation is 2. The summed E-state index contributed by atoms with van der Waals surface area (Å²) in [6, 6.07) is 55.2. The molecule has 0 saturated carbocycles. The second kappa shape index (κ2) is 47.8. The number of halogens is 2. The first-order valence-corrected chi connectivity index (χ1v) is 42.6. The molecule has 0 spiro atoms. The van der Waals surface area contributed by atoms with E-state index in [0.29, 0.717) is 75.0 Å². The van der Waals surface area contributed by atoms with Crippen LogP contribution in [-0.2, 0) is 58.0 Å². The third kappa shape index (κ3) is 28.3. The van der Waals surface area contributed by atoms with Gasteiger partial charge < -0.3 is 50.8 Å². The number of sulfonamides is 1. The summed E-state index contributed by atoms with van der Waals surface area (Å²) in [7, 11) is -2.37. The summed E-state index contributed by atoms with van der Waals surface area (Å²) in [5, 5.41) is 67.9. The van der Waals surface area contributed by atoms with Gasteiger partial charge in [0.15, 0.2) is 50.2 Å². The van der Waals surface area contributed by atoms with Crippen molar-refractivity contribution in [1.29, 1.82) is 16.2 Å². The van der Waals surface area contributed by atoms with Gasteiger partial charge in [-0.3, -0.25) is 38.4 Å². The van der Waals surface area contributed by atoms with Crippen LogP contribution in [-0.4, -0.2) is 93.9 Å². The van der Waals surface area contributed by atoms with Crippen molar-refractivity contribution in [3.05, 3.63) is 238 Å². The van der Waals surface area contributed by atoms with Crippen LogP contribution >= 0.6 is 57.8 Å². The first kappa shape index (κ1) is 100. The van der Waals surface area contributed by atoms with Crippen molar-refractivity contribution in [2.24, 2.45) is 35.8 Å². The van der Waals surface area contributed by atoms with Gasteiger partial charge in [-0.05, 0) is 159 Å². The lowest BCUT2D eigenvalue weighted by molar-refractivity contribution is -0.124. The second-order valence-electron chi connectivity index (χ2n) is 27.2. The number of anilines is 6. The van der Waals surface area contributed by atoms with E-state index in [2.05, 4.69) is 75.7 Å². The monoisotopic (exact) mass is 1870 g/mol. The molecule has 42 heteroatoms. The van der Waals surface area contributed by atoms with Crippen molar-refractivity contribution in [3.63, 3.8) is 0 Å². The van der Waals surface area contributed by atoms with E-state index in [9.17, 15) is 46.8 Å². The van der Waals surface area contributed by atoms with Crippen LogP contribution in [0.2, 0.25) is 10.0 Å². The van der Waals surface area contributed by atoms with Crippen molar-refractivity contribution in [1.82, 2.24) is 13.1 Å². The fourth-order valence-electron chi connectivity index (χ4n) is 12.1. The fraction of sp³-hybridized carbons (Fsp3) is 0.159. The molecule has 666 valence electrons.